The topological polar surface area (TPSA) is 55.8 Å². The molecule has 7 heteroatoms. The van der Waals surface area contributed by atoms with E-state index in [0.29, 0.717) is 0 Å². The van der Waals surface area contributed by atoms with Gasteiger partial charge in [0.25, 0.3) is 0 Å². The summed E-state index contributed by atoms with van der Waals surface area (Å²) < 4.78 is 46.9. The first-order chi connectivity index (χ1) is 10.9. The van der Waals surface area contributed by atoms with Crippen molar-refractivity contribution < 1.29 is 32.5 Å². The van der Waals surface area contributed by atoms with Crippen LogP contribution < -0.4 is 0 Å². The van der Waals surface area contributed by atoms with Gasteiger partial charge in [-0.2, -0.15) is 13.2 Å². The van der Waals surface area contributed by atoms with Crippen LogP contribution in [0.15, 0.2) is 36.4 Å². The number of halogens is 3. The van der Waals surface area contributed by atoms with Gasteiger partial charge in [0.1, 0.15) is 6.10 Å². The van der Waals surface area contributed by atoms with E-state index in [9.17, 15) is 23.1 Å². The molecule has 126 valence electrons. The third-order valence-corrected chi connectivity index (χ3v) is 3.40. The minimum Gasteiger partial charge on any atom is -0.456 e. The van der Waals surface area contributed by atoms with Crippen LogP contribution in [0.5, 0.6) is 0 Å². The summed E-state index contributed by atoms with van der Waals surface area (Å²) in [5.41, 5.74) is 0.908. The minimum absolute atomic E-state index is 0.0357. The summed E-state index contributed by atoms with van der Waals surface area (Å²) in [6, 6.07) is 9.30. The maximum atomic E-state index is 12.3. The van der Waals surface area contributed by atoms with Crippen LogP contribution in [0.1, 0.15) is 18.4 Å². The molecule has 23 heavy (non-hydrogen) atoms. The fourth-order valence-electron chi connectivity index (χ4n) is 2.35. The Balaban J connectivity index is 2.00. The Labute approximate surface area is 131 Å². The SMILES string of the molecule is O=C(O[C@H]1C[C@@H](CO)O[C@@H](/C=C/c2ccccc2)C1)C(F)(F)F. The van der Waals surface area contributed by atoms with Crippen molar-refractivity contribution >= 4 is 12.0 Å². The number of aliphatic hydroxyl groups excluding tert-OH is 1. The van der Waals surface area contributed by atoms with E-state index >= 15 is 0 Å². The molecule has 0 aliphatic carbocycles. The van der Waals surface area contributed by atoms with Gasteiger partial charge in [-0.25, -0.2) is 4.79 Å². The Kier molecular flexibility index (Phi) is 5.79. The van der Waals surface area contributed by atoms with Crippen molar-refractivity contribution in [1.29, 1.82) is 0 Å². The van der Waals surface area contributed by atoms with Crippen molar-refractivity contribution in [3.05, 3.63) is 42.0 Å². The van der Waals surface area contributed by atoms with Gasteiger partial charge in [0.2, 0.25) is 0 Å². The molecule has 3 atom stereocenters. The second kappa shape index (κ2) is 7.61. The summed E-state index contributed by atoms with van der Waals surface area (Å²) in [5, 5.41) is 9.19. The third-order valence-electron chi connectivity index (χ3n) is 3.40. The molecule has 1 aliphatic heterocycles. The lowest BCUT2D eigenvalue weighted by Gasteiger charge is -2.33. The Bertz CT molecular complexity index is 542. The maximum absolute atomic E-state index is 12.3. The van der Waals surface area contributed by atoms with Crippen molar-refractivity contribution in [3.63, 3.8) is 0 Å². The summed E-state index contributed by atoms with van der Waals surface area (Å²) in [5.74, 6) is -2.22. The molecule has 1 aromatic carbocycles. The van der Waals surface area contributed by atoms with Crippen molar-refractivity contribution in [2.24, 2.45) is 0 Å². The van der Waals surface area contributed by atoms with Crippen LogP contribution in [0.3, 0.4) is 0 Å². The van der Waals surface area contributed by atoms with Crippen LogP contribution in [-0.4, -0.2) is 42.2 Å². The van der Waals surface area contributed by atoms with E-state index in [-0.39, 0.29) is 19.4 Å². The predicted octanol–water partition coefficient (Wildman–Crippen LogP) is 2.71. The van der Waals surface area contributed by atoms with Gasteiger partial charge in [0, 0.05) is 12.8 Å². The van der Waals surface area contributed by atoms with Gasteiger partial charge >= 0.3 is 12.1 Å². The van der Waals surface area contributed by atoms with Gasteiger partial charge in [-0.3, -0.25) is 0 Å². The number of benzene rings is 1. The van der Waals surface area contributed by atoms with Crippen molar-refractivity contribution in [3.8, 4) is 0 Å². The molecule has 0 aromatic heterocycles. The number of carbonyl (C=O) groups excluding carboxylic acids is 1. The third kappa shape index (κ3) is 5.37. The normalized spacial score (nSPS) is 25.5. The minimum atomic E-state index is -5.03. The van der Waals surface area contributed by atoms with Crippen LogP contribution in [0.4, 0.5) is 13.2 Å². The summed E-state index contributed by atoms with van der Waals surface area (Å²) in [6.45, 7) is -0.351. The summed E-state index contributed by atoms with van der Waals surface area (Å²) in [4.78, 5) is 10.9. The fourth-order valence-corrected chi connectivity index (χ4v) is 2.35. The number of carbonyl (C=O) groups is 1. The van der Waals surface area contributed by atoms with Gasteiger partial charge in [0.05, 0.1) is 18.8 Å². The van der Waals surface area contributed by atoms with E-state index in [1.165, 1.54) is 0 Å². The lowest BCUT2D eigenvalue weighted by Crippen LogP contribution is -2.41. The molecule has 0 spiro atoms. The number of rotatable bonds is 4. The summed E-state index contributed by atoms with van der Waals surface area (Å²) >= 11 is 0. The van der Waals surface area contributed by atoms with E-state index in [2.05, 4.69) is 4.74 Å². The quantitative estimate of drug-likeness (QED) is 0.863. The molecule has 0 unspecified atom stereocenters. The van der Waals surface area contributed by atoms with Crippen molar-refractivity contribution in [2.75, 3.05) is 6.61 Å². The van der Waals surface area contributed by atoms with E-state index < -0.39 is 30.5 Å². The molecule has 4 nitrogen and oxygen atoms in total. The second-order valence-corrected chi connectivity index (χ2v) is 5.25. The highest BCUT2D eigenvalue weighted by Crippen LogP contribution is 2.26. The number of hydrogen-bond donors (Lipinski definition) is 1. The average molecular weight is 330 g/mol. The monoisotopic (exact) mass is 330 g/mol. The van der Waals surface area contributed by atoms with Crippen LogP contribution in [0.25, 0.3) is 6.08 Å². The van der Waals surface area contributed by atoms with E-state index in [4.69, 9.17) is 4.74 Å². The first-order valence-electron chi connectivity index (χ1n) is 7.16. The number of aliphatic hydroxyl groups is 1. The molecule has 0 amide bonds. The van der Waals surface area contributed by atoms with Crippen LogP contribution >= 0.6 is 0 Å². The van der Waals surface area contributed by atoms with Gasteiger partial charge in [-0.05, 0) is 5.56 Å². The smallest absolute Gasteiger partial charge is 0.456 e. The van der Waals surface area contributed by atoms with Crippen molar-refractivity contribution in [2.45, 2.75) is 37.3 Å². The molecule has 1 heterocycles. The Hall–Kier alpha value is -1.86. The molecule has 0 radical (unpaired) electrons. The number of alkyl halides is 3. The zero-order chi connectivity index (χ0) is 16.9. The molecule has 0 saturated carbocycles. The first kappa shape index (κ1) is 17.5. The van der Waals surface area contributed by atoms with Crippen LogP contribution in [0, 0.1) is 0 Å². The Morgan fingerprint density at radius 2 is 2.00 bits per heavy atom. The molecule has 1 saturated heterocycles. The molecule has 2 rings (SSSR count). The summed E-state index contributed by atoms with van der Waals surface area (Å²) in [7, 11) is 0. The molecular formula is C16H17F3O4. The molecule has 1 fully saturated rings. The van der Waals surface area contributed by atoms with Crippen molar-refractivity contribution in [1.82, 2.24) is 0 Å². The number of esters is 1. The van der Waals surface area contributed by atoms with Gasteiger partial charge in [0.15, 0.2) is 0 Å². The number of hydrogen-bond acceptors (Lipinski definition) is 4. The van der Waals surface area contributed by atoms with E-state index in [0.717, 1.165) is 5.56 Å². The van der Waals surface area contributed by atoms with Crippen LogP contribution in [-0.2, 0) is 14.3 Å². The van der Waals surface area contributed by atoms with E-state index in [1.54, 1.807) is 12.2 Å². The lowest BCUT2D eigenvalue weighted by molar-refractivity contribution is -0.211. The molecular weight excluding hydrogens is 313 g/mol. The first-order valence-corrected chi connectivity index (χ1v) is 7.16. The van der Waals surface area contributed by atoms with E-state index in [1.807, 2.05) is 30.3 Å². The highest BCUT2D eigenvalue weighted by Gasteiger charge is 2.43. The fraction of sp³-hybridized carbons (Fsp3) is 0.438. The molecule has 0 bridgehead atoms. The lowest BCUT2D eigenvalue weighted by atomic mass is 10.00. The molecule has 1 N–H and O–H groups in total. The Morgan fingerprint density at radius 3 is 2.61 bits per heavy atom. The predicted molar refractivity (Wildman–Crippen MR) is 76.4 cm³/mol. The highest BCUT2D eigenvalue weighted by molar-refractivity contribution is 5.75. The maximum Gasteiger partial charge on any atom is 0.490 e. The van der Waals surface area contributed by atoms with Gasteiger partial charge in [-0.1, -0.05) is 42.5 Å². The number of ether oxygens (including phenoxy) is 2. The molecule has 1 aliphatic rings. The van der Waals surface area contributed by atoms with Gasteiger partial charge < -0.3 is 14.6 Å². The second-order valence-electron chi connectivity index (χ2n) is 5.25. The highest BCUT2D eigenvalue weighted by atomic mass is 19.4. The average Bonchev–Trinajstić information content (AvgIpc) is 2.52. The summed E-state index contributed by atoms with van der Waals surface area (Å²) in [6.07, 6.45) is -3.57. The largest absolute Gasteiger partial charge is 0.490 e. The molecule has 1 aromatic rings. The van der Waals surface area contributed by atoms with Crippen LogP contribution in [0.2, 0.25) is 0 Å². The zero-order valence-corrected chi connectivity index (χ0v) is 12.2. The zero-order valence-electron chi connectivity index (χ0n) is 12.2. The standard InChI is InChI=1S/C16H17F3O4/c17-16(18,19)15(21)23-13-8-12(22-14(9-13)10-20)7-6-11-4-2-1-3-5-11/h1-7,12-14,20H,8-10H2/b7-6+/t12-,13+,14-/m0/s1. The Morgan fingerprint density at radius 1 is 1.30 bits per heavy atom. The van der Waals surface area contributed by atoms with Gasteiger partial charge in [-0.15, -0.1) is 0 Å².